The van der Waals surface area contributed by atoms with Gasteiger partial charge in [0, 0.05) is 10.5 Å². The van der Waals surface area contributed by atoms with E-state index in [1.807, 2.05) is 0 Å². The minimum Gasteiger partial charge on any atom is -0.348 e. The number of carbonyl (C=O) groups is 1. The average Bonchev–Trinajstić information content (AvgIpc) is 2.58. The second kappa shape index (κ2) is 6.71. The molecule has 1 saturated carbocycles. The van der Waals surface area contributed by atoms with Crippen LogP contribution in [0, 0.1) is 5.82 Å². The molecule has 1 aromatic carbocycles. The van der Waals surface area contributed by atoms with Crippen molar-refractivity contribution in [3.8, 4) is 0 Å². The Balaban J connectivity index is 2.09. The van der Waals surface area contributed by atoms with Crippen molar-refractivity contribution in [1.29, 1.82) is 0 Å². The van der Waals surface area contributed by atoms with Crippen LogP contribution in [0.4, 0.5) is 4.39 Å². The van der Waals surface area contributed by atoms with Gasteiger partial charge in [0.05, 0.1) is 10.9 Å². The van der Waals surface area contributed by atoms with E-state index in [0.717, 1.165) is 32.1 Å². The topological polar surface area (TPSA) is 29.1 Å². The molecule has 1 aliphatic carbocycles. The van der Waals surface area contributed by atoms with Crippen molar-refractivity contribution in [3.05, 3.63) is 34.1 Å². The van der Waals surface area contributed by atoms with E-state index in [1.54, 1.807) is 0 Å². The van der Waals surface area contributed by atoms with Crippen LogP contribution in [0.1, 0.15) is 42.5 Å². The summed E-state index contributed by atoms with van der Waals surface area (Å²) in [6, 6.07) is 4.05. The Morgan fingerprint density at radius 1 is 1.32 bits per heavy atom. The molecule has 19 heavy (non-hydrogen) atoms. The van der Waals surface area contributed by atoms with Crippen LogP contribution in [0.2, 0.25) is 0 Å². The van der Waals surface area contributed by atoms with Crippen molar-refractivity contribution >= 4 is 33.4 Å². The Morgan fingerprint density at radius 2 is 2.05 bits per heavy atom. The SMILES string of the molecule is O=C(NC1CCCCCC1Cl)c1cc(F)ccc1Br. The Bertz CT molecular complexity index is 469. The molecular weight excluding hydrogens is 333 g/mol. The largest absolute Gasteiger partial charge is 0.348 e. The van der Waals surface area contributed by atoms with Crippen LogP contribution in [0.15, 0.2) is 22.7 Å². The zero-order chi connectivity index (χ0) is 13.8. The smallest absolute Gasteiger partial charge is 0.252 e. The first-order valence-electron chi connectivity index (χ1n) is 6.48. The van der Waals surface area contributed by atoms with Crippen LogP contribution in [-0.4, -0.2) is 17.3 Å². The quantitative estimate of drug-likeness (QED) is 0.628. The molecule has 0 spiro atoms. The van der Waals surface area contributed by atoms with Gasteiger partial charge in [-0.1, -0.05) is 19.3 Å². The van der Waals surface area contributed by atoms with Crippen LogP contribution in [-0.2, 0) is 0 Å². The van der Waals surface area contributed by atoms with Gasteiger partial charge in [-0.3, -0.25) is 4.79 Å². The molecule has 0 aliphatic heterocycles. The first-order valence-corrected chi connectivity index (χ1v) is 7.71. The molecule has 2 unspecified atom stereocenters. The zero-order valence-corrected chi connectivity index (χ0v) is 12.8. The lowest BCUT2D eigenvalue weighted by atomic mass is 10.1. The fourth-order valence-corrected chi connectivity index (χ4v) is 3.11. The van der Waals surface area contributed by atoms with Gasteiger partial charge in [0.2, 0.25) is 0 Å². The summed E-state index contributed by atoms with van der Waals surface area (Å²) in [5.41, 5.74) is 0.313. The van der Waals surface area contributed by atoms with Crippen LogP contribution < -0.4 is 5.32 Å². The number of alkyl halides is 1. The molecular formula is C14H16BrClFNO. The standard InChI is InChI=1S/C14H16BrClFNO/c15-11-7-6-9(17)8-10(11)14(19)18-13-5-3-1-2-4-12(13)16/h6-8,12-13H,1-5H2,(H,18,19). The van der Waals surface area contributed by atoms with E-state index in [4.69, 9.17) is 11.6 Å². The lowest BCUT2D eigenvalue weighted by Gasteiger charge is -2.21. The van der Waals surface area contributed by atoms with Gasteiger partial charge in [0.15, 0.2) is 0 Å². The molecule has 2 atom stereocenters. The lowest BCUT2D eigenvalue weighted by molar-refractivity contribution is 0.0933. The third-order valence-corrected chi connectivity index (χ3v) is 4.64. The summed E-state index contributed by atoms with van der Waals surface area (Å²) in [4.78, 5) is 12.2. The van der Waals surface area contributed by atoms with Crippen LogP contribution in [0.3, 0.4) is 0 Å². The Kier molecular flexibility index (Phi) is 5.22. The highest BCUT2D eigenvalue weighted by atomic mass is 79.9. The fraction of sp³-hybridized carbons (Fsp3) is 0.500. The highest BCUT2D eigenvalue weighted by molar-refractivity contribution is 9.10. The number of nitrogens with one attached hydrogen (secondary N) is 1. The van der Waals surface area contributed by atoms with E-state index in [-0.39, 0.29) is 17.3 Å². The van der Waals surface area contributed by atoms with Gasteiger partial charge in [-0.2, -0.15) is 0 Å². The number of halogens is 3. The summed E-state index contributed by atoms with van der Waals surface area (Å²) >= 11 is 9.56. The van der Waals surface area contributed by atoms with Crippen molar-refractivity contribution in [2.24, 2.45) is 0 Å². The van der Waals surface area contributed by atoms with Gasteiger partial charge < -0.3 is 5.32 Å². The molecule has 1 fully saturated rings. The van der Waals surface area contributed by atoms with Crippen molar-refractivity contribution in [2.75, 3.05) is 0 Å². The number of amides is 1. The summed E-state index contributed by atoms with van der Waals surface area (Å²) in [5, 5.41) is 2.88. The van der Waals surface area contributed by atoms with Crippen molar-refractivity contribution in [2.45, 2.75) is 43.5 Å². The Morgan fingerprint density at radius 3 is 2.84 bits per heavy atom. The van der Waals surface area contributed by atoms with Gasteiger partial charge in [-0.05, 0) is 47.0 Å². The van der Waals surface area contributed by atoms with Crippen LogP contribution in [0.25, 0.3) is 0 Å². The molecule has 0 heterocycles. The van der Waals surface area contributed by atoms with E-state index in [0.29, 0.717) is 10.0 Å². The molecule has 2 rings (SSSR count). The minimum atomic E-state index is -0.420. The van der Waals surface area contributed by atoms with E-state index >= 15 is 0 Å². The third-order valence-electron chi connectivity index (χ3n) is 3.42. The molecule has 1 N–H and O–H groups in total. The zero-order valence-electron chi connectivity index (χ0n) is 10.5. The maximum absolute atomic E-state index is 13.2. The summed E-state index contributed by atoms with van der Waals surface area (Å²) in [6.45, 7) is 0. The molecule has 0 aromatic heterocycles. The predicted octanol–water partition coefficient (Wildman–Crippen LogP) is 4.26. The molecule has 104 valence electrons. The highest BCUT2D eigenvalue weighted by Gasteiger charge is 2.24. The van der Waals surface area contributed by atoms with E-state index in [1.165, 1.54) is 18.2 Å². The van der Waals surface area contributed by atoms with Crippen molar-refractivity contribution in [3.63, 3.8) is 0 Å². The Hall–Kier alpha value is -0.610. The molecule has 1 amide bonds. The van der Waals surface area contributed by atoms with E-state index < -0.39 is 5.82 Å². The minimum absolute atomic E-state index is 0.0353. The average molecular weight is 349 g/mol. The number of rotatable bonds is 2. The fourth-order valence-electron chi connectivity index (χ4n) is 2.34. The first-order chi connectivity index (χ1) is 9.08. The molecule has 1 aromatic rings. The third kappa shape index (κ3) is 3.93. The van der Waals surface area contributed by atoms with Gasteiger partial charge in [-0.25, -0.2) is 4.39 Å². The second-order valence-corrected chi connectivity index (χ2v) is 6.27. The number of hydrogen-bond donors (Lipinski definition) is 1. The lowest BCUT2D eigenvalue weighted by Crippen LogP contribution is -2.40. The molecule has 0 saturated heterocycles. The normalized spacial score (nSPS) is 23.7. The van der Waals surface area contributed by atoms with Gasteiger partial charge in [0.25, 0.3) is 5.91 Å². The molecule has 0 radical (unpaired) electrons. The monoisotopic (exact) mass is 347 g/mol. The van der Waals surface area contributed by atoms with E-state index in [2.05, 4.69) is 21.2 Å². The summed E-state index contributed by atoms with van der Waals surface area (Å²) in [5.74, 6) is -0.694. The summed E-state index contributed by atoms with van der Waals surface area (Å²) in [6.07, 6.45) is 5.12. The second-order valence-electron chi connectivity index (χ2n) is 4.86. The molecule has 5 heteroatoms. The summed E-state index contributed by atoms with van der Waals surface area (Å²) in [7, 11) is 0. The number of carbonyl (C=O) groups excluding carboxylic acids is 1. The maximum atomic E-state index is 13.2. The van der Waals surface area contributed by atoms with Gasteiger partial charge in [-0.15, -0.1) is 11.6 Å². The highest BCUT2D eigenvalue weighted by Crippen LogP contribution is 2.24. The number of hydrogen-bond acceptors (Lipinski definition) is 1. The van der Waals surface area contributed by atoms with Crippen molar-refractivity contribution in [1.82, 2.24) is 5.32 Å². The summed E-state index contributed by atoms with van der Waals surface area (Å²) < 4.78 is 13.8. The van der Waals surface area contributed by atoms with E-state index in [9.17, 15) is 9.18 Å². The first kappa shape index (κ1) is 14.8. The van der Waals surface area contributed by atoms with Gasteiger partial charge >= 0.3 is 0 Å². The molecule has 1 aliphatic rings. The van der Waals surface area contributed by atoms with Crippen molar-refractivity contribution < 1.29 is 9.18 Å². The number of benzene rings is 1. The predicted molar refractivity (Wildman–Crippen MR) is 78.1 cm³/mol. The van der Waals surface area contributed by atoms with Crippen LogP contribution in [0.5, 0.6) is 0 Å². The molecule has 2 nitrogen and oxygen atoms in total. The van der Waals surface area contributed by atoms with Crippen LogP contribution >= 0.6 is 27.5 Å². The Labute approximate surface area is 125 Å². The maximum Gasteiger partial charge on any atom is 0.252 e. The molecule has 0 bridgehead atoms. The van der Waals surface area contributed by atoms with Gasteiger partial charge in [0.1, 0.15) is 5.82 Å².